The number of carboxylic acid groups (broad SMARTS) is 1. The Morgan fingerprint density at radius 1 is 0.732 bits per heavy atom. The van der Waals surface area contributed by atoms with E-state index in [1.54, 1.807) is 24.5 Å². The molecule has 0 bridgehead atoms. The number of aromatic nitrogens is 1. The SMILES string of the molecule is C/C=C/C=C/C(=O)OCC1=C(C(=O)O)N2C(=O)[C@@H](NC(=O)/C(=N\OC(c3ccccc3)(c3ccccc3)c3ccccc3)c3csc(NC(c4ccccc4)(c4ccccc4)c4ccccc4)n3)[C@H]2SC1. The van der Waals surface area contributed by atoms with Crippen LogP contribution in [0.25, 0.3) is 0 Å². The van der Waals surface area contributed by atoms with Gasteiger partial charge in [0.25, 0.3) is 11.8 Å². The van der Waals surface area contributed by atoms with Crippen LogP contribution in [-0.4, -0.2) is 68.2 Å². The van der Waals surface area contributed by atoms with Gasteiger partial charge in [0.1, 0.15) is 35.0 Å². The van der Waals surface area contributed by atoms with Crippen molar-refractivity contribution in [2.75, 3.05) is 17.7 Å². The maximum absolute atomic E-state index is 15.1. The number of oxime groups is 1. The smallest absolute Gasteiger partial charge is 0.352 e. The minimum atomic E-state index is -1.39. The highest BCUT2D eigenvalue weighted by Gasteiger charge is 2.55. The van der Waals surface area contributed by atoms with Gasteiger partial charge < -0.3 is 25.3 Å². The van der Waals surface area contributed by atoms with Gasteiger partial charge in [0, 0.05) is 39.5 Å². The fourth-order valence-electron chi connectivity index (χ4n) is 8.83. The van der Waals surface area contributed by atoms with Crippen LogP contribution in [0.3, 0.4) is 0 Å². The monoisotopic (exact) mass is 977 g/mol. The molecule has 71 heavy (non-hydrogen) atoms. The Morgan fingerprint density at radius 3 is 1.68 bits per heavy atom. The topological polar surface area (TPSA) is 160 Å². The molecule has 3 heterocycles. The van der Waals surface area contributed by atoms with Crippen LogP contribution in [0.1, 0.15) is 46.0 Å². The number of hydrogen-bond donors (Lipinski definition) is 3. The molecule has 0 radical (unpaired) electrons. The van der Waals surface area contributed by atoms with Crippen molar-refractivity contribution in [3.8, 4) is 0 Å². The van der Waals surface area contributed by atoms with Gasteiger partial charge in [0.05, 0.1) is 0 Å². The van der Waals surface area contributed by atoms with Crippen LogP contribution < -0.4 is 10.6 Å². The van der Waals surface area contributed by atoms with Crippen molar-refractivity contribution < 1.29 is 33.9 Å². The van der Waals surface area contributed by atoms with Crippen molar-refractivity contribution >= 4 is 57.7 Å². The van der Waals surface area contributed by atoms with E-state index in [0.29, 0.717) is 5.13 Å². The molecule has 0 aliphatic carbocycles. The summed E-state index contributed by atoms with van der Waals surface area (Å²) in [6.45, 7) is 1.47. The molecule has 2 atom stereocenters. The second-order valence-electron chi connectivity index (χ2n) is 16.4. The zero-order valence-electron chi connectivity index (χ0n) is 38.3. The molecule has 354 valence electrons. The van der Waals surface area contributed by atoms with Crippen LogP contribution in [0.5, 0.6) is 0 Å². The number of rotatable bonds is 18. The average molecular weight is 978 g/mol. The molecule has 0 saturated carbocycles. The van der Waals surface area contributed by atoms with Gasteiger partial charge in [0.2, 0.25) is 5.60 Å². The Bertz CT molecular complexity index is 2940. The number of carbonyl (C=O) groups excluding carboxylic acids is 3. The first-order valence-corrected chi connectivity index (χ1v) is 24.7. The number of fused-ring (bicyclic) bond motifs is 1. The zero-order chi connectivity index (χ0) is 49.2. The van der Waals surface area contributed by atoms with Crippen molar-refractivity contribution in [3.05, 3.63) is 262 Å². The summed E-state index contributed by atoms with van der Waals surface area (Å²) >= 11 is 2.51. The van der Waals surface area contributed by atoms with Crippen molar-refractivity contribution in [2.24, 2.45) is 5.16 Å². The number of benzene rings is 6. The molecule has 12 nitrogen and oxygen atoms in total. The fourth-order valence-corrected chi connectivity index (χ4v) is 10.9. The molecule has 0 spiro atoms. The van der Waals surface area contributed by atoms with Crippen LogP contribution in [-0.2, 0) is 39.9 Å². The lowest BCUT2D eigenvalue weighted by molar-refractivity contribution is -0.150. The van der Waals surface area contributed by atoms with Gasteiger partial charge in [-0.3, -0.25) is 14.5 Å². The van der Waals surface area contributed by atoms with Crippen molar-refractivity contribution in [1.82, 2.24) is 15.2 Å². The molecule has 2 amide bonds. The van der Waals surface area contributed by atoms with Crippen LogP contribution in [0.2, 0.25) is 0 Å². The molecule has 6 aromatic carbocycles. The third-order valence-electron chi connectivity index (χ3n) is 12.2. The summed E-state index contributed by atoms with van der Waals surface area (Å²) in [6, 6.07) is 57.7. The predicted molar refractivity (Wildman–Crippen MR) is 276 cm³/mol. The highest BCUT2D eigenvalue weighted by Crippen LogP contribution is 2.44. The molecule has 14 heteroatoms. The summed E-state index contributed by atoms with van der Waals surface area (Å²) in [5.74, 6) is -3.34. The van der Waals surface area contributed by atoms with Gasteiger partial charge in [-0.2, -0.15) is 0 Å². The number of carboxylic acids is 1. The van der Waals surface area contributed by atoms with E-state index >= 15 is 4.79 Å². The molecule has 3 N–H and O–H groups in total. The molecule has 1 saturated heterocycles. The summed E-state index contributed by atoms with van der Waals surface area (Å²) in [5, 5.41) is 23.2. The molecular weight excluding hydrogens is 931 g/mol. The van der Waals surface area contributed by atoms with E-state index in [9.17, 15) is 19.5 Å². The number of esters is 1. The number of aliphatic carboxylic acids is 1. The van der Waals surface area contributed by atoms with E-state index in [-0.39, 0.29) is 35.0 Å². The van der Waals surface area contributed by atoms with E-state index in [1.807, 2.05) is 146 Å². The highest BCUT2D eigenvalue weighted by molar-refractivity contribution is 8.00. The summed E-state index contributed by atoms with van der Waals surface area (Å²) in [5.41, 5.74) is 2.55. The van der Waals surface area contributed by atoms with E-state index in [2.05, 4.69) is 47.0 Å². The Kier molecular flexibility index (Phi) is 14.5. The Labute approximate surface area is 419 Å². The minimum absolute atomic E-state index is 0.124. The number of ether oxygens (including phenoxy) is 1. The van der Waals surface area contributed by atoms with E-state index < -0.39 is 46.3 Å². The highest BCUT2D eigenvalue weighted by atomic mass is 32.2. The second kappa shape index (κ2) is 21.5. The van der Waals surface area contributed by atoms with E-state index in [0.717, 1.165) is 38.3 Å². The van der Waals surface area contributed by atoms with Crippen molar-refractivity contribution in [2.45, 2.75) is 29.5 Å². The molecule has 1 fully saturated rings. The second-order valence-corrected chi connectivity index (χ2v) is 18.4. The number of nitrogens with zero attached hydrogens (tertiary/aromatic N) is 3. The minimum Gasteiger partial charge on any atom is -0.477 e. The lowest BCUT2D eigenvalue weighted by Gasteiger charge is -2.49. The third kappa shape index (κ3) is 9.67. The van der Waals surface area contributed by atoms with E-state index in [1.165, 1.54) is 35.3 Å². The number of hydrogen-bond acceptors (Lipinski definition) is 11. The quantitative estimate of drug-likeness (QED) is 0.0144. The maximum Gasteiger partial charge on any atom is 0.352 e. The normalized spacial score (nSPS) is 16.0. The number of thioether (sulfide) groups is 1. The molecule has 1 aromatic heterocycles. The van der Waals surface area contributed by atoms with Gasteiger partial charge in [-0.05, 0) is 23.6 Å². The van der Waals surface area contributed by atoms with Crippen LogP contribution in [0.15, 0.2) is 228 Å². The fraction of sp³-hybridized carbons (Fsp3) is 0.123. The maximum atomic E-state index is 15.1. The first kappa shape index (κ1) is 47.7. The lowest BCUT2D eigenvalue weighted by atomic mass is 9.77. The zero-order valence-corrected chi connectivity index (χ0v) is 40.0. The number of β-lactam (4-membered cyclic amide) rings is 1. The van der Waals surface area contributed by atoms with Gasteiger partial charge in [0.15, 0.2) is 10.8 Å². The largest absolute Gasteiger partial charge is 0.477 e. The average Bonchev–Trinajstić information content (AvgIpc) is 3.89. The molecule has 2 aliphatic rings. The van der Waals surface area contributed by atoms with Crippen LogP contribution in [0, 0.1) is 0 Å². The summed E-state index contributed by atoms with van der Waals surface area (Å²) in [4.78, 5) is 67.3. The number of allylic oxidation sites excluding steroid dienone is 3. The lowest BCUT2D eigenvalue weighted by Crippen LogP contribution is -2.71. The first-order valence-electron chi connectivity index (χ1n) is 22.7. The molecular formula is C57H47N5O7S2. The standard InChI is InChI=1S/C57H47N5O7S2/c1-2-3-10-35-47(63)68-36-39-37-70-53-49(52(65)62(53)50(39)54(66)67)59-51(64)48(61-69-57(43-29-17-7-18-30-43,44-31-19-8-20-32-44)45-33-21-9-22-34-45)46-38-71-55(58-46)60-56(40-23-11-4-12-24-40,41-25-13-5-14-26-41)42-27-15-6-16-28-42/h2-35,38,49,53H,36-37H2,1H3,(H,58,60)(H,59,64)(H,66,67)/b3-2+,35-10+,61-48-/t49-,53-/m1/s1. The van der Waals surface area contributed by atoms with E-state index in [4.69, 9.17) is 19.7 Å². The number of anilines is 1. The summed E-state index contributed by atoms with van der Waals surface area (Å²) in [6.07, 6.45) is 6.13. The molecule has 2 aliphatic heterocycles. The van der Waals surface area contributed by atoms with Crippen LogP contribution in [0.4, 0.5) is 5.13 Å². The molecule has 9 rings (SSSR count). The van der Waals surface area contributed by atoms with Crippen molar-refractivity contribution in [1.29, 1.82) is 0 Å². The Morgan fingerprint density at radius 2 is 1.21 bits per heavy atom. The number of thiazole rings is 1. The number of nitrogens with one attached hydrogen (secondary N) is 2. The van der Waals surface area contributed by atoms with Gasteiger partial charge in [-0.25, -0.2) is 14.6 Å². The first-order chi connectivity index (χ1) is 34.7. The van der Waals surface area contributed by atoms with Crippen molar-refractivity contribution in [3.63, 3.8) is 0 Å². The number of carbonyl (C=O) groups is 4. The Balaban J connectivity index is 1.12. The Hall–Kier alpha value is -8.33. The van der Waals surface area contributed by atoms with Gasteiger partial charge in [-0.1, -0.05) is 205 Å². The third-order valence-corrected chi connectivity index (χ3v) is 14.2. The molecule has 0 unspecified atom stereocenters. The summed E-state index contributed by atoms with van der Waals surface area (Å²) in [7, 11) is 0. The van der Waals surface area contributed by atoms with Gasteiger partial charge in [-0.15, -0.1) is 23.1 Å². The van der Waals surface area contributed by atoms with Gasteiger partial charge >= 0.3 is 11.9 Å². The van der Waals surface area contributed by atoms with Crippen LogP contribution >= 0.6 is 23.1 Å². The summed E-state index contributed by atoms with van der Waals surface area (Å²) < 4.78 is 5.34. The number of amides is 2. The molecule has 7 aromatic rings. The predicted octanol–water partition coefficient (Wildman–Crippen LogP) is 9.67.